The lowest BCUT2D eigenvalue weighted by Gasteiger charge is -2.25. The predicted octanol–water partition coefficient (Wildman–Crippen LogP) is 3.05. The van der Waals surface area contributed by atoms with Crippen molar-refractivity contribution in [1.82, 2.24) is 10.1 Å². The standard InChI is InChI=1S/C18H17ClN2O5/c19-14-5-12(16(23)6-17(14)24)18-13-8-21(4-3-15(13)20-26-18)7-10-1-2-11(9-22)25-10/h1-2,5-6,22-24H,3-4,7-9H2. The van der Waals surface area contributed by atoms with E-state index < -0.39 is 0 Å². The van der Waals surface area contributed by atoms with Gasteiger partial charge in [0, 0.05) is 31.1 Å². The minimum absolute atomic E-state index is 0.124. The highest BCUT2D eigenvalue weighted by Crippen LogP contribution is 2.40. The van der Waals surface area contributed by atoms with Crippen LogP contribution in [0.5, 0.6) is 11.5 Å². The van der Waals surface area contributed by atoms with Gasteiger partial charge in [-0.2, -0.15) is 0 Å². The molecule has 1 aromatic carbocycles. The molecule has 3 aromatic rings. The van der Waals surface area contributed by atoms with Gasteiger partial charge in [-0.1, -0.05) is 16.8 Å². The molecular weight excluding hydrogens is 360 g/mol. The fraction of sp³-hybridized carbons (Fsp3) is 0.278. The van der Waals surface area contributed by atoms with E-state index in [0.29, 0.717) is 36.6 Å². The largest absolute Gasteiger partial charge is 0.507 e. The number of hydrogen-bond acceptors (Lipinski definition) is 7. The van der Waals surface area contributed by atoms with Crippen LogP contribution >= 0.6 is 11.6 Å². The molecular formula is C18H17ClN2O5. The molecule has 0 atom stereocenters. The van der Waals surface area contributed by atoms with E-state index in [0.717, 1.165) is 23.6 Å². The molecule has 0 unspecified atom stereocenters. The highest BCUT2D eigenvalue weighted by Gasteiger charge is 2.27. The van der Waals surface area contributed by atoms with Gasteiger partial charge in [0.15, 0.2) is 5.76 Å². The molecule has 26 heavy (non-hydrogen) atoms. The van der Waals surface area contributed by atoms with E-state index in [-0.39, 0.29) is 23.1 Å². The average Bonchev–Trinajstić information content (AvgIpc) is 3.25. The zero-order valence-electron chi connectivity index (χ0n) is 13.8. The number of phenolic OH excluding ortho intramolecular Hbond substituents is 2. The number of aromatic nitrogens is 1. The van der Waals surface area contributed by atoms with Crippen LogP contribution in [0.3, 0.4) is 0 Å². The molecule has 0 radical (unpaired) electrons. The summed E-state index contributed by atoms with van der Waals surface area (Å²) in [5, 5.41) is 33.1. The number of aromatic hydroxyl groups is 2. The number of halogens is 1. The van der Waals surface area contributed by atoms with Gasteiger partial charge >= 0.3 is 0 Å². The summed E-state index contributed by atoms with van der Waals surface area (Å²) in [6, 6.07) is 6.26. The Balaban J connectivity index is 1.61. The molecule has 7 nitrogen and oxygen atoms in total. The lowest BCUT2D eigenvalue weighted by atomic mass is 10.0. The molecule has 0 saturated heterocycles. The van der Waals surface area contributed by atoms with Gasteiger partial charge in [-0.15, -0.1) is 0 Å². The smallest absolute Gasteiger partial charge is 0.175 e. The number of rotatable bonds is 4. The fourth-order valence-corrected chi connectivity index (χ4v) is 3.32. The first kappa shape index (κ1) is 17.0. The molecule has 8 heteroatoms. The van der Waals surface area contributed by atoms with E-state index in [1.807, 2.05) is 6.07 Å². The van der Waals surface area contributed by atoms with Crippen molar-refractivity contribution in [2.45, 2.75) is 26.1 Å². The number of aliphatic hydroxyl groups is 1. The van der Waals surface area contributed by atoms with Crippen LogP contribution in [0.4, 0.5) is 0 Å². The minimum atomic E-state index is -0.194. The number of benzene rings is 1. The van der Waals surface area contributed by atoms with Crippen molar-refractivity contribution in [2.24, 2.45) is 0 Å². The highest BCUT2D eigenvalue weighted by atomic mass is 35.5. The van der Waals surface area contributed by atoms with E-state index in [2.05, 4.69) is 10.1 Å². The second-order valence-electron chi connectivity index (χ2n) is 6.24. The Labute approximate surface area is 154 Å². The third-order valence-corrected chi connectivity index (χ3v) is 4.78. The normalized spacial score (nSPS) is 14.5. The summed E-state index contributed by atoms with van der Waals surface area (Å²) in [4.78, 5) is 2.17. The number of furan rings is 1. The van der Waals surface area contributed by atoms with Gasteiger partial charge in [0.25, 0.3) is 0 Å². The second kappa shape index (κ2) is 6.68. The molecule has 0 aliphatic carbocycles. The number of aliphatic hydroxyl groups excluding tert-OH is 1. The quantitative estimate of drug-likeness (QED) is 0.643. The van der Waals surface area contributed by atoms with Gasteiger partial charge in [-0.05, 0) is 18.2 Å². The van der Waals surface area contributed by atoms with Crippen molar-refractivity contribution in [3.05, 3.63) is 52.1 Å². The number of hydrogen-bond donors (Lipinski definition) is 3. The topological polar surface area (TPSA) is 103 Å². The van der Waals surface area contributed by atoms with Crippen LogP contribution in [0.2, 0.25) is 5.02 Å². The summed E-state index contributed by atoms with van der Waals surface area (Å²) in [7, 11) is 0. The Morgan fingerprint density at radius 1 is 1.15 bits per heavy atom. The van der Waals surface area contributed by atoms with Crippen LogP contribution in [0.25, 0.3) is 11.3 Å². The molecule has 3 N–H and O–H groups in total. The Kier molecular flexibility index (Phi) is 4.36. The van der Waals surface area contributed by atoms with Crippen LogP contribution in [-0.4, -0.2) is 31.9 Å². The minimum Gasteiger partial charge on any atom is -0.507 e. The van der Waals surface area contributed by atoms with Crippen molar-refractivity contribution >= 4 is 11.6 Å². The van der Waals surface area contributed by atoms with Gasteiger partial charge in [0.2, 0.25) is 0 Å². The first-order chi connectivity index (χ1) is 12.5. The van der Waals surface area contributed by atoms with Crippen LogP contribution in [0.15, 0.2) is 33.2 Å². The molecule has 2 aromatic heterocycles. The monoisotopic (exact) mass is 376 g/mol. The molecule has 0 saturated carbocycles. The average molecular weight is 377 g/mol. The van der Waals surface area contributed by atoms with Crippen molar-refractivity contribution in [1.29, 1.82) is 0 Å². The molecule has 1 aliphatic heterocycles. The maximum atomic E-state index is 10.2. The Morgan fingerprint density at radius 2 is 1.96 bits per heavy atom. The molecule has 4 rings (SSSR count). The summed E-state index contributed by atoms with van der Waals surface area (Å²) in [5.74, 6) is 1.43. The van der Waals surface area contributed by atoms with Crippen molar-refractivity contribution in [3.63, 3.8) is 0 Å². The Hall–Kier alpha value is -2.48. The van der Waals surface area contributed by atoms with Crippen molar-refractivity contribution in [2.75, 3.05) is 6.54 Å². The van der Waals surface area contributed by atoms with Gasteiger partial charge in [0.05, 0.1) is 22.8 Å². The van der Waals surface area contributed by atoms with Crippen LogP contribution < -0.4 is 0 Å². The molecule has 136 valence electrons. The molecule has 0 fully saturated rings. The zero-order valence-corrected chi connectivity index (χ0v) is 14.5. The summed E-state index contributed by atoms with van der Waals surface area (Å²) in [5.41, 5.74) is 2.11. The van der Waals surface area contributed by atoms with Crippen LogP contribution in [-0.2, 0) is 26.1 Å². The van der Waals surface area contributed by atoms with Gasteiger partial charge < -0.3 is 24.3 Å². The van der Waals surface area contributed by atoms with E-state index in [1.165, 1.54) is 12.1 Å². The first-order valence-corrected chi connectivity index (χ1v) is 8.53. The summed E-state index contributed by atoms with van der Waals surface area (Å²) in [6.45, 7) is 1.82. The van der Waals surface area contributed by atoms with Crippen molar-refractivity contribution < 1.29 is 24.3 Å². The van der Waals surface area contributed by atoms with Crippen LogP contribution in [0.1, 0.15) is 22.8 Å². The molecule has 0 amide bonds. The van der Waals surface area contributed by atoms with Crippen molar-refractivity contribution in [3.8, 4) is 22.8 Å². The maximum absolute atomic E-state index is 10.2. The number of phenols is 2. The number of fused-ring (bicyclic) bond motifs is 1. The molecule has 0 spiro atoms. The van der Waals surface area contributed by atoms with Gasteiger partial charge in [0.1, 0.15) is 29.6 Å². The first-order valence-electron chi connectivity index (χ1n) is 8.15. The van der Waals surface area contributed by atoms with Crippen LogP contribution in [0, 0.1) is 0 Å². The summed E-state index contributed by atoms with van der Waals surface area (Å²) in [6.07, 6.45) is 0.707. The second-order valence-corrected chi connectivity index (χ2v) is 6.65. The summed E-state index contributed by atoms with van der Waals surface area (Å²) >= 11 is 5.97. The highest BCUT2D eigenvalue weighted by molar-refractivity contribution is 6.32. The van der Waals surface area contributed by atoms with E-state index in [1.54, 1.807) is 6.07 Å². The fourth-order valence-electron chi connectivity index (χ4n) is 3.16. The third kappa shape index (κ3) is 3.05. The van der Waals surface area contributed by atoms with E-state index in [9.17, 15) is 10.2 Å². The lowest BCUT2D eigenvalue weighted by Crippen LogP contribution is -2.29. The molecule has 3 heterocycles. The molecule has 0 bridgehead atoms. The third-order valence-electron chi connectivity index (χ3n) is 4.48. The Morgan fingerprint density at radius 3 is 2.73 bits per heavy atom. The number of nitrogens with zero attached hydrogens (tertiary/aromatic N) is 2. The van der Waals surface area contributed by atoms with E-state index in [4.69, 9.17) is 25.6 Å². The van der Waals surface area contributed by atoms with Gasteiger partial charge in [-0.25, -0.2) is 0 Å². The SMILES string of the molecule is OCc1ccc(CN2CCc3noc(-c4cc(Cl)c(O)cc4O)c3C2)o1. The molecule has 1 aliphatic rings. The lowest BCUT2D eigenvalue weighted by molar-refractivity contribution is 0.208. The summed E-state index contributed by atoms with van der Waals surface area (Å²) < 4.78 is 11.0. The Bertz CT molecular complexity index is 949. The van der Waals surface area contributed by atoms with Gasteiger partial charge in [-0.3, -0.25) is 4.90 Å². The predicted molar refractivity (Wildman–Crippen MR) is 92.7 cm³/mol. The zero-order chi connectivity index (χ0) is 18.3. The maximum Gasteiger partial charge on any atom is 0.175 e. The van der Waals surface area contributed by atoms with E-state index >= 15 is 0 Å².